The Kier molecular flexibility index (Phi) is 7.00. The maximum atomic E-state index is 12.7. The van der Waals surface area contributed by atoms with E-state index in [1.807, 2.05) is 54.7 Å². The Labute approximate surface area is 207 Å². The third-order valence-electron chi connectivity index (χ3n) is 6.00. The Morgan fingerprint density at radius 3 is 2.03 bits per heavy atom. The molecular weight excluding hydrogens is 456 g/mol. The minimum atomic E-state index is -2.05. The van der Waals surface area contributed by atoms with Gasteiger partial charge in [0, 0.05) is 6.20 Å². The fourth-order valence-electron chi connectivity index (χ4n) is 4.34. The highest BCUT2D eigenvalue weighted by atomic mass is 28.3. The molecule has 0 N–H and O–H groups in total. The second-order valence-electron chi connectivity index (χ2n) is 9.65. The van der Waals surface area contributed by atoms with Crippen molar-refractivity contribution in [3.8, 4) is 0 Å². The van der Waals surface area contributed by atoms with Crippen LogP contribution in [0.1, 0.15) is 48.5 Å². The summed E-state index contributed by atoms with van der Waals surface area (Å²) < 4.78 is 13.3. The maximum Gasteiger partial charge on any atom is 0.379 e. The Morgan fingerprint density at radius 1 is 0.943 bits per heavy atom. The summed E-state index contributed by atoms with van der Waals surface area (Å²) in [6.45, 7) is 8.15. The van der Waals surface area contributed by atoms with E-state index < -0.39 is 20.8 Å². The highest BCUT2D eigenvalue weighted by Gasteiger charge is 2.33. The largest absolute Gasteiger partial charge is 0.463 e. The summed E-state index contributed by atoms with van der Waals surface area (Å²) in [5.41, 5.74) is 1.98. The molecule has 1 unspecified atom stereocenters. The second-order valence-corrected chi connectivity index (χ2v) is 12.0. The number of ketones is 1. The zero-order valence-corrected chi connectivity index (χ0v) is 21.8. The van der Waals surface area contributed by atoms with Crippen LogP contribution in [0.15, 0.2) is 79.0 Å². The minimum Gasteiger partial charge on any atom is -0.463 e. The highest BCUT2D eigenvalue weighted by Crippen LogP contribution is 2.37. The van der Waals surface area contributed by atoms with Crippen LogP contribution in [0.4, 0.5) is 0 Å². The van der Waals surface area contributed by atoms with Gasteiger partial charge in [-0.15, -0.1) is 0 Å². The molecule has 0 saturated heterocycles. The van der Waals surface area contributed by atoms with Crippen molar-refractivity contribution in [1.29, 1.82) is 0 Å². The first kappa shape index (κ1) is 24.6. The van der Waals surface area contributed by atoms with Gasteiger partial charge in [-0.05, 0) is 40.4 Å². The van der Waals surface area contributed by atoms with Gasteiger partial charge in [0.1, 0.15) is 0 Å². The smallest absolute Gasteiger partial charge is 0.379 e. The van der Waals surface area contributed by atoms with Gasteiger partial charge in [-0.25, -0.2) is 9.31 Å². The zero-order valence-electron chi connectivity index (χ0n) is 20.7. The molecule has 0 aliphatic heterocycles. The third kappa shape index (κ3) is 5.11. The van der Waals surface area contributed by atoms with Crippen LogP contribution in [-0.2, 0) is 14.0 Å². The quantitative estimate of drug-likeness (QED) is 0.173. The SMILES string of the molecule is COC(=O)C(=O)c1c(C)nn2ccc(C(O[SiH](c3ccccc3)c3ccccc3)C(C)(C)C)cc12. The number of carbonyl (C=O) groups is 2. The van der Waals surface area contributed by atoms with Gasteiger partial charge in [0.15, 0.2) is 0 Å². The van der Waals surface area contributed by atoms with Gasteiger partial charge in [0.25, 0.3) is 5.78 Å². The van der Waals surface area contributed by atoms with Crippen LogP contribution in [0, 0.1) is 12.3 Å². The predicted octanol–water partition coefficient (Wildman–Crippen LogP) is 3.64. The molecule has 0 fully saturated rings. The molecule has 0 aliphatic carbocycles. The standard InChI is InChI=1S/C28H30N2O4Si/c1-19-24(25(31)27(32)33-5)23-18-20(16-17-30(23)29-19)26(28(2,3)4)34-35(21-12-8-6-9-13-21)22-14-10-7-11-15-22/h6-18,26,35H,1-5H3. The second kappa shape index (κ2) is 9.97. The summed E-state index contributed by atoms with van der Waals surface area (Å²) in [5.74, 6) is -1.61. The van der Waals surface area contributed by atoms with Gasteiger partial charge in [0.2, 0.25) is 9.04 Å². The summed E-state index contributed by atoms with van der Waals surface area (Å²) in [5, 5.41) is 6.81. The van der Waals surface area contributed by atoms with Crippen molar-refractivity contribution >= 4 is 36.7 Å². The van der Waals surface area contributed by atoms with Crippen molar-refractivity contribution in [2.24, 2.45) is 5.41 Å². The number of pyridine rings is 1. The van der Waals surface area contributed by atoms with E-state index in [9.17, 15) is 9.59 Å². The van der Waals surface area contributed by atoms with Crippen molar-refractivity contribution in [3.05, 3.63) is 95.8 Å². The molecule has 0 saturated carbocycles. The molecule has 2 aromatic carbocycles. The summed E-state index contributed by atoms with van der Waals surface area (Å²) in [4.78, 5) is 24.8. The Hall–Kier alpha value is -3.55. The number of methoxy groups -OCH3 is 1. The first-order valence-electron chi connectivity index (χ1n) is 11.6. The molecule has 180 valence electrons. The molecule has 0 radical (unpaired) electrons. The zero-order chi connectivity index (χ0) is 25.2. The molecule has 0 amide bonds. The number of esters is 1. The monoisotopic (exact) mass is 486 g/mol. The average Bonchev–Trinajstić information content (AvgIpc) is 3.18. The molecule has 6 nitrogen and oxygen atoms in total. The number of fused-ring (bicyclic) bond motifs is 1. The molecular formula is C28H30N2O4Si. The van der Waals surface area contributed by atoms with Gasteiger partial charge < -0.3 is 9.16 Å². The van der Waals surface area contributed by atoms with Crippen molar-refractivity contribution in [1.82, 2.24) is 9.61 Å². The van der Waals surface area contributed by atoms with Crippen molar-refractivity contribution in [2.75, 3.05) is 7.11 Å². The summed E-state index contributed by atoms with van der Waals surface area (Å²) in [7, 11) is -0.849. The van der Waals surface area contributed by atoms with Gasteiger partial charge in [0.05, 0.1) is 30.0 Å². The van der Waals surface area contributed by atoms with Crippen LogP contribution in [0.3, 0.4) is 0 Å². The first-order chi connectivity index (χ1) is 16.7. The average molecular weight is 487 g/mol. The molecule has 2 heterocycles. The summed E-state index contributed by atoms with van der Waals surface area (Å²) in [6, 6.07) is 24.6. The van der Waals surface area contributed by atoms with E-state index in [1.165, 1.54) is 17.5 Å². The number of hydrogen-bond donors (Lipinski definition) is 0. The van der Waals surface area contributed by atoms with Crippen LogP contribution in [0.2, 0.25) is 0 Å². The molecule has 2 aromatic heterocycles. The van der Waals surface area contributed by atoms with Gasteiger partial charge in [-0.2, -0.15) is 5.10 Å². The molecule has 1 atom stereocenters. The number of benzene rings is 2. The number of carbonyl (C=O) groups excluding carboxylic acids is 2. The third-order valence-corrected chi connectivity index (χ3v) is 8.52. The van der Waals surface area contributed by atoms with Gasteiger partial charge >= 0.3 is 5.97 Å². The van der Waals surface area contributed by atoms with E-state index in [-0.39, 0.29) is 17.1 Å². The number of aryl methyl sites for hydroxylation is 1. The Morgan fingerprint density at radius 2 is 1.51 bits per heavy atom. The van der Waals surface area contributed by atoms with E-state index in [0.29, 0.717) is 11.2 Å². The van der Waals surface area contributed by atoms with Gasteiger partial charge in [-0.3, -0.25) is 4.79 Å². The van der Waals surface area contributed by atoms with E-state index >= 15 is 0 Å². The fourth-order valence-corrected chi connectivity index (χ4v) is 7.02. The minimum absolute atomic E-state index is 0.241. The van der Waals surface area contributed by atoms with Crippen molar-refractivity contribution < 1.29 is 18.8 Å². The van der Waals surface area contributed by atoms with Crippen molar-refractivity contribution in [3.63, 3.8) is 0 Å². The van der Waals surface area contributed by atoms with Crippen LogP contribution >= 0.6 is 0 Å². The molecule has 4 aromatic rings. The number of Topliss-reactive ketones (excluding diaryl/α,β-unsaturated/α-hetero) is 1. The van der Waals surface area contributed by atoms with Crippen molar-refractivity contribution in [2.45, 2.75) is 33.8 Å². The molecule has 35 heavy (non-hydrogen) atoms. The lowest BCUT2D eigenvalue weighted by molar-refractivity contribution is -0.135. The lowest BCUT2D eigenvalue weighted by Crippen LogP contribution is -2.47. The fraction of sp³-hybridized carbons (Fsp3) is 0.250. The van der Waals surface area contributed by atoms with E-state index in [2.05, 4.69) is 54.9 Å². The van der Waals surface area contributed by atoms with Crippen LogP contribution in [-0.4, -0.2) is 37.5 Å². The lowest BCUT2D eigenvalue weighted by Gasteiger charge is -2.35. The summed E-state index contributed by atoms with van der Waals surface area (Å²) in [6.07, 6.45) is 1.55. The van der Waals surface area contributed by atoms with Crippen LogP contribution in [0.25, 0.3) is 5.52 Å². The lowest BCUT2D eigenvalue weighted by atomic mass is 9.85. The van der Waals surface area contributed by atoms with Gasteiger partial charge in [-0.1, -0.05) is 81.4 Å². The molecule has 4 rings (SSSR count). The topological polar surface area (TPSA) is 69.9 Å². The molecule has 0 spiro atoms. The predicted molar refractivity (Wildman–Crippen MR) is 139 cm³/mol. The highest BCUT2D eigenvalue weighted by molar-refractivity contribution is 6.80. The normalized spacial score (nSPS) is 12.6. The van der Waals surface area contributed by atoms with Crippen LogP contribution < -0.4 is 10.4 Å². The number of ether oxygens (including phenoxy) is 1. The van der Waals surface area contributed by atoms with E-state index in [1.54, 1.807) is 11.4 Å². The number of rotatable bonds is 7. The van der Waals surface area contributed by atoms with E-state index in [0.717, 1.165) is 5.56 Å². The van der Waals surface area contributed by atoms with Crippen LogP contribution in [0.5, 0.6) is 0 Å². The molecule has 7 heteroatoms. The number of hydrogen-bond acceptors (Lipinski definition) is 5. The number of aromatic nitrogens is 2. The maximum absolute atomic E-state index is 12.7. The van der Waals surface area contributed by atoms with E-state index in [4.69, 9.17) is 4.43 Å². The Balaban J connectivity index is 1.82. The molecule has 0 aliphatic rings. The number of nitrogens with zero attached hydrogens (tertiary/aromatic N) is 2. The Bertz CT molecular complexity index is 1300. The summed E-state index contributed by atoms with van der Waals surface area (Å²) >= 11 is 0. The molecule has 0 bridgehead atoms. The first-order valence-corrected chi connectivity index (χ1v) is 13.2.